The van der Waals surface area contributed by atoms with E-state index in [1.165, 1.54) is 0 Å². The molecule has 1 saturated carbocycles. The first kappa shape index (κ1) is 18.0. The molecule has 0 unspecified atom stereocenters. The minimum atomic E-state index is -0.317. The van der Waals surface area contributed by atoms with Crippen molar-refractivity contribution in [2.45, 2.75) is 45.2 Å². The van der Waals surface area contributed by atoms with E-state index in [1.807, 2.05) is 19.9 Å². The Labute approximate surface area is 162 Å². The number of hydrogen-bond donors (Lipinski definition) is 4. The van der Waals surface area contributed by atoms with Gasteiger partial charge in [-0.15, -0.1) is 0 Å². The standard InChI is InChI=1S/C19H23N7O2/c1-10(2)21-19(28)25-15-8-16(23-14-4-5-14)26-18(24-15)13(9-20-26)6-12-7-17(27)22-11(12)3/h6,8-10,14,23H,3-5,7H2,1-2H3,(H,22,27)(H2,21,24,25,28)/b12-6+. The van der Waals surface area contributed by atoms with Crippen molar-refractivity contribution in [3.8, 4) is 0 Å². The second-order valence-electron chi connectivity index (χ2n) is 7.41. The van der Waals surface area contributed by atoms with Crippen molar-refractivity contribution in [2.24, 2.45) is 0 Å². The summed E-state index contributed by atoms with van der Waals surface area (Å²) in [5, 5.41) is 16.1. The van der Waals surface area contributed by atoms with Crippen molar-refractivity contribution in [1.29, 1.82) is 0 Å². The molecule has 3 heterocycles. The van der Waals surface area contributed by atoms with E-state index < -0.39 is 0 Å². The molecule has 28 heavy (non-hydrogen) atoms. The molecule has 0 bridgehead atoms. The summed E-state index contributed by atoms with van der Waals surface area (Å²) in [6, 6.07) is 1.88. The number of nitrogens with one attached hydrogen (secondary N) is 4. The van der Waals surface area contributed by atoms with Crippen LogP contribution in [0.2, 0.25) is 0 Å². The fourth-order valence-corrected chi connectivity index (χ4v) is 3.00. The van der Waals surface area contributed by atoms with E-state index >= 15 is 0 Å². The monoisotopic (exact) mass is 381 g/mol. The van der Waals surface area contributed by atoms with Gasteiger partial charge in [-0.1, -0.05) is 6.58 Å². The number of hydrogen-bond acceptors (Lipinski definition) is 5. The van der Waals surface area contributed by atoms with Gasteiger partial charge in [-0.3, -0.25) is 10.1 Å². The second-order valence-corrected chi connectivity index (χ2v) is 7.41. The topological polar surface area (TPSA) is 112 Å². The van der Waals surface area contributed by atoms with Crippen molar-refractivity contribution < 1.29 is 9.59 Å². The van der Waals surface area contributed by atoms with Crippen molar-refractivity contribution in [3.05, 3.63) is 35.7 Å². The summed E-state index contributed by atoms with van der Waals surface area (Å²) in [6.45, 7) is 7.65. The summed E-state index contributed by atoms with van der Waals surface area (Å²) in [5.74, 6) is 1.11. The Bertz CT molecular complexity index is 1000. The Hall–Kier alpha value is -3.36. The minimum Gasteiger partial charge on any atom is -0.367 e. The van der Waals surface area contributed by atoms with Gasteiger partial charge in [0.15, 0.2) is 5.65 Å². The quantitative estimate of drug-likeness (QED) is 0.635. The molecule has 2 aromatic rings. The van der Waals surface area contributed by atoms with Gasteiger partial charge in [0.25, 0.3) is 0 Å². The molecule has 2 fully saturated rings. The molecule has 2 aliphatic rings. The zero-order valence-corrected chi connectivity index (χ0v) is 15.9. The number of aromatic nitrogens is 3. The summed E-state index contributed by atoms with van der Waals surface area (Å²) in [5.41, 5.74) is 2.73. The van der Waals surface area contributed by atoms with E-state index in [1.54, 1.807) is 16.8 Å². The van der Waals surface area contributed by atoms with Gasteiger partial charge in [0.1, 0.15) is 11.6 Å². The molecule has 1 aliphatic heterocycles. The molecule has 0 radical (unpaired) electrons. The summed E-state index contributed by atoms with van der Waals surface area (Å²) >= 11 is 0. The maximum Gasteiger partial charge on any atom is 0.320 e. The highest BCUT2D eigenvalue weighted by Crippen LogP contribution is 2.28. The SMILES string of the molecule is C=C1NC(=O)C/C1=C\c1cnn2c(NC3CC3)cc(NC(=O)NC(C)C)nc12. The predicted molar refractivity (Wildman–Crippen MR) is 107 cm³/mol. The molecule has 1 saturated heterocycles. The first-order valence-corrected chi connectivity index (χ1v) is 9.31. The average Bonchev–Trinajstić information content (AvgIpc) is 3.23. The zero-order valence-electron chi connectivity index (χ0n) is 15.9. The molecule has 9 nitrogen and oxygen atoms in total. The zero-order chi connectivity index (χ0) is 19.8. The lowest BCUT2D eigenvalue weighted by Gasteiger charge is -2.12. The number of fused-ring (bicyclic) bond motifs is 1. The molecule has 2 aromatic heterocycles. The lowest BCUT2D eigenvalue weighted by atomic mass is 10.1. The fourth-order valence-electron chi connectivity index (χ4n) is 3.00. The molecule has 146 valence electrons. The number of nitrogens with zero attached hydrogens (tertiary/aromatic N) is 3. The lowest BCUT2D eigenvalue weighted by molar-refractivity contribution is -0.118. The summed E-state index contributed by atoms with van der Waals surface area (Å²) in [7, 11) is 0. The smallest absolute Gasteiger partial charge is 0.320 e. The fraction of sp³-hybridized carbons (Fsp3) is 0.368. The van der Waals surface area contributed by atoms with Crippen LogP contribution in [0.5, 0.6) is 0 Å². The Morgan fingerprint density at radius 2 is 2.21 bits per heavy atom. The number of amides is 3. The number of carbonyl (C=O) groups excluding carboxylic acids is 2. The Morgan fingerprint density at radius 3 is 2.86 bits per heavy atom. The molecule has 3 amide bonds. The molecule has 9 heteroatoms. The molecule has 4 rings (SSSR count). The number of carbonyl (C=O) groups is 2. The van der Waals surface area contributed by atoms with Crippen molar-refractivity contribution >= 4 is 35.3 Å². The average molecular weight is 381 g/mol. The van der Waals surface area contributed by atoms with Crippen LogP contribution >= 0.6 is 0 Å². The van der Waals surface area contributed by atoms with Gasteiger partial charge >= 0.3 is 6.03 Å². The van der Waals surface area contributed by atoms with Crippen molar-refractivity contribution in [3.63, 3.8) is 0 Å². The largest absolute Gasteiger partial charge is 0.367 e. The molecule has 4 N–H and O–H groups in total. The van der Waals surface area contributed by atoms with Crippen LogP contribution in [0.15, 0.2) is 30.1 Å². The number of allylic oxidation sites excluding steroid dienone is 1. The third-order valence-electron chi connectivity index (χ3n) is 4.45. The Morgan fingerprint density at radius 1 is 1.43 bits per heavy atom. The van der Waals surface area contributed by atoms with Crippen LogP contribution in [0.4, 0.5) is 16.4 Å². The highest BCUT2D eigenvalue weighted by atomic mass is 16.2. The third-order valence-corrected chi connectivity index (χ3v) is 4.45. The van der Waals surface area contributed by atoms with Gasteiger partial charge in [-0.25, -0.2) is 9.78 Å². The van der Waals surface area contributed by atoms with Gasteiger partial charge in [0.2, 0.25) is 5.91 Å². The first-order valence-electron chi connectivity index (χ1n) is 9.31. The van der Waals surface area contributed by atoms with E-state index in [0.29, 0.717) is 23.2 Å². The van der Waals surface area contributed by atoms with E-state index in [-0.39, 0.29) is 24.4 Å². The summed E-state index contributed by atoms with van der Waals surface area (Å²) in [4.78, 5) is 28.3. The maximum atomic E-state index is 12.1. The van der Waals surface area contributed by atoms with E-state index in [0.717, 1.165) is 29.8 Å². The molecule has 0 atom stereocenters. The van der Waals surface area contributed by atoms with E-state index in [2.05, 4.69) is 37.9 Å². The maximum absolute atomic E-state index is 12.1. The van der Waals surface area contributed by atoms with Crippen LogP contribution in [-0.4, -0.2) is 38.6 Å². The first-order chi connectivity index (χ1) is 13.4. The molecular weight excluding hydrogens is 358 g/mol. The van der Waals surface area contributed by atoms with Crippen molar-refractivity contribution in [2.75, 3.05) is 10.6 Å². The number of rotatable bonds is 5. The summed E-state index contributed by atoms with van der Waals surface area (Å²) in [6.07, 6.45) is 6.03. The van der Waals surface area contributed by atoms with Crippen molar-refractivity contribution in [1.82, 2.24) is 25.2 Å². The van der Waals surface area contributed by atoms with E-state index in [4.69, 9.17) is 0 Å². The van der Waals surface area contributed by atoms with Crippen LogP contribution in [0, 0.1) is 0 Å². The molecular formula is C19H23N7O2. The Kier molecular flexibility index (Phi) is 4.50. The van der Waals surface area contributed by atoms with Gasteiger partial charge in [0, 0.05) is 29.4 Å². The molecule has 0 aromatic carbocycles. The molecule has 0 spiro atoms. The van der Waals surface area contributed by atoms with E-state index in [9.17, 15) is 9.59 Å². The van der Waals surface area contributed by atoms with Crippen LogP contribution in [-0.2, 0) is 4.79 Å². The van der Waals surface area contributed by atoms with Gasteiger partial charge in [-0.2, -0.15) is 9.61 Å². The Balaban J connectivity index is 1.72. The lowest BCUT2D eigenvalue weighted by Crippen LogP contribution is -2.34. The van der Waals surface area contributed by atoms with Gasteiger partial charge in [0.05, 0.1) is 12.6 Å². The van der Waals surface area contributed by atoms with Gasteiger partial charge in [-0.05, 0) is 38.3 Å². The number of anilines is 2. The number of urea groups is 1. The summed E-state index contributed by atoms with van der Waals surface area (Å²) < 4.78 is 1.71. The highest BCUT2D eigenvalue weighted by Gasteiger charge is 2.24. The molecule has 1 aliphatic carbocycles. The highest BCUT2D eigenvalue weighted by molar-refractivity contribution is 5.91. The van der Waals surface area contributed by atoms with Crippen LogP contribution in [0.3, 0.4) is 0 Å². The normalized spacial score (nSPS) is 18.0. The van der Waals surface area contributed by atoms with Crippen LogP contribution < -0.4 is 21.3 Å². The minimum absolute atomic E-state index is 0.0152. The second kappa shape index (κ2) is 6.99. The van der Waals surface area contributed by atoms with Gasteiger partial charge < -0.3 is 16.0 Å². The third kappa shape index (κ3) is 3.83. The van der Waals surface area contributed by atoms with Crippen LogP contribution in [0.25, 0.3) is 11.7 Å². The van der Waals surface area contributed by atoms with Crippen LogP contribution in [0.1, 0.15) is 38.7 Å². The predicted octanol–water partition coefficient (Wildman–Crippen LogP) is 2.25.